The van der Waals surface area contributed by atoms with Crippen molar-refractivity contribution < 1.29 is 23.9 Å². The fourth-order valence-corrected chi connectivity index (χ4v) is 5.90. The van der Waals surface area contributed by atoms with Crippen LogP contribution in [-0.4, -0.2) is 17.7 Å². The van der Waals surface area contributed by atoms with Crippen molar-refractivity contribution in [3.63, 3.8) is 0 Å². The molecule has 218 valence electrons. The third-order valence-corrected chi connectivity index (χ3v) is 8.13. The highest BCUT2D eigenvalue weighted by molar-refractivity contribution is 7.25. The van der Waals surface area contributed by atoms with Crippen LogP contribution >= 0.6 is 22.9 Å². The third-order valence-electron chi connectivity index (χ3n) is 6.63. The van der Waals surface area contributed by atoms with Crippen molar-refractivity contribution >= 4 is 60.8 Å². The lowest BCUT2D eigenvalue weighted by Crippen LogP contribution is -2.22. The minimum Gasteiger partial charge on any atom is -0.457 e. The molecule has 0 fully saturated rings. The van der Waals surface area contributed by atoms with Gasteiger partial charge in [0, 0.05) is 16.5 Å². The maximum atomic E-state index is 13.4. The van der Waals surface area contributed by atoms with Gasteiger partial charge in [-0.1, -0.05) is 79.3 Å². The Morgan fingerprint density at radius 3 is 2.44 bits per heavy atom. The zero-order chi connectivity index (χ0) is 30.2. The lowest BCUT2D eigenvalue weighted by Gasteiger charge is -2.11. The highest BCUT2D eigenvalue weighted by atomic mass is 35.5. The van der Waals surface area contributed by atoms with Crippen molar-refractivity contribution in [2.75, 3.05) is 0 Å². The molecular formula is C34H28ClNO6S. The predicted molar refractivity (Wildman–Crippen MR) is 171 cm³/mol. The number of esters is 1. The van der Waals surface area contributed by atoms with Crippen molar-refractivity contribution in [2.24, 2.45) is 5.16 Å². The van der Waals surface area contributed by atoms with Crippen LogP contribution in [0, 0.1) is 0 Å². The highest BCUT2D eigenvalue weighted by Gasteiger charge is 2.21. The Morgan fingerprint density at radius 1 is 0.860 bits per heavy atom. The van der Waals surface area contributed by atoms with Gasteiger partial charge in [-0.3, -0.25) is 4.79 Å². The van der Waals surface area contributed by atoms with Crippen molar-refractivity contribution in [3.05, 3.63) is 112 Å². The molecule has 1 aromatic heterocycles. The first kappa shape index (κ1) is 29.9. The van der Waals surface area contributed by atoms with E-state index in [9.17, 15) is 14.4 Å². The summed E-state index contributed by atoms with van der Waals surface area (Å²) < 4.78 is 12.7. The van der Waals surface area contributed by atoms with Gasteiger partial charge in [0.15, 0.2) is 11.1 Å². The monoisotopic (exact) mass is 613 g/mol. The zero-order valence-electron chi connectivity index (χ0n) is 23.4. The molecule has 0 amide bonds. The van der Waals surface area contributed by atoms with Gasteiger partial charge in [0.05, 0.1) is 20.7 Å². The first-order valence-corrected chi connectivity index (χ1v) is 15.1. The van der Waals surface area contributed by atoms with Crippen LogP contribution in [0.4, 0.5) is 0 Å². The minimum absolute atomic E-state index is 0.0441. The second-order valence-electron chi connectivity index (χ2n) is 9.74. The van der Waals surface area contributed by atoms with Crippen LogP contribution in [0.1, 0.15) is 49.4 Å². The molecule has 43 heavy (non-hydrogen) atoms. The van der Waals surface area contributed by atoms with Crippen molar-refractivity contribution in [3.8, 4) is 17.2 Å². The van der Waals surface area contributed by atoms with Crippen LogP contribution in [0.25, 0.3) is 20.2 Å². The molecule has 0 spiro atoms. The van der Waals surface area contributed by atoms with E-state index < -0.39 is 11.9 Å². The number of hydrogen-bond donors (Lipinski definition) is 0. The Morgan fingerprint density at radius 2 is 1.63 bits per heavy atom. The van der Waals surface area contributed by atoms with E-state index in [1.807, 2.05) is 30.3 Å². The van der Waals surface area contributed by atoms with Gasteiger partial charge in [-0.05, 0) is 61.0 Å². The third kappa shape index (κ3) is 7.28. The number of nitrogens with zero attached hydrogens (tertiary/aromatic N) is 1. The number of rotatable bonds is 11. The fourth-order valence-electron chi connectivity index (χ4n) is 4.44. The molecule has 0 aliphatic heterocycles. The van der Waals surface area contributed by atoms with Gasteiger partial charge in [0.25, 0.3) is 0 Å². The van der Waals surface area contributed by atoms with Gasteiger partial charge in [-0.25, -0.2) is 9.59 Å². The molecule has 0 saturated heterocycles. The molecule has 0 radical (unpaired) electrons. The summed E-state index contributed by atoms with van der Waals surface area (Å²) in [5.41, 5.74) is -0.0817. The van der Waals surface area contributed by atoms with Crippen LogP contribution in [0.3, 0.4) is 0 Å². The first-order valence-electron chi connectivity index (χ1n) is 13.9. The number of hydrogen-bond acceptors (Lipinski definition) is 8. The number of para-hydroxylation sites is 1. The molecule has 0 aliphatic carbocycles. The van der Waals surface area contributed by atoms with Gasteiger partial charge in [0.1, 0.15) is 17.2 Å². The van der Waals surface area contributed by atoms with Gasteiger partial charge < -0.3 is 14.3 Å². The van der Waals surface area contributed by atoms with Crippen molar-refractivity contribution in [1.82, 2.24) is 0 Å². The number of oxime groups is 1. The summed E-state index contributed by atoms with van der Waals surface area (Å²) in [7, 11) is 0. The summed E-state index contributed by atoms with van der Waals surface area (Å²) >= 11 is 7.71. The average molecular weight is 614 g/mol. The Labute approximate surface area is 257 Å². The van der Waals surface area contributed by atoms with Crippen molar-refractivity contribution in [1.29, 1.82) is 0 Å². The molecule has 0 saturated carbocycles. The first-order chi connectivity index (χ1) is 20.9. The number of fused-ring (bicyclic) bond motifs is 2. The Bertz CT molecular complexity index is 1870. The quantitative estimate of drug-likeness (QED) is 0.0281. The SMILES string of the molecule is CCCCCC/C(=N\OC(=O)c1cccc(Oc2ccccc2)c1)C(=O)Oc1ccc(Cl)c2c(=O)c3ccccc3sc12. The molecule has 0 unspecified atom stereocenters. The number of carbonyl (C=O) groups excluding carboxylic acids is 2. The van der Waals surface area contributed by atoms with Crippen molar-refractivity contribution in [2.45, 2.75) is 39.0 Å². The molecule has 7 nitrogen and oxygen atoms in total. The number of carbonyl (C=O) groups is 2. The second-order valence-corrected chi connectivity index (χ2v) is 11.2. The molecule has 1 heterocycles. The van der Waals surface area contributed by atoms with Crippen LogP contribution < -0.4 is 14.9 Å². The zero-order valence-corrected chi connectivity index (χ0v) is 25.0. The predicted octanol–water partition coefficient (Wildman–Crippen LogP) is 8.95. The summed E-state index contributed by atoms with van der Waals surface area (Å²) in [6.45, 7) is 2.08. The number of ether oxygens (including phenoxy) is 2. The topological polar surface area (TPSA) is 91.3 Å². The summed E-state index contributed by atoms with van der Waals surface area (Å²) in [5, 5.41) is 5.02. The lowest BCUT2D eigenvalue weighted by molar-refractivity contribution is -0.127. The Kier molecular flexibility index (Phi) is 9.81. The van der Waals surface area contributed by atoms with E-state index in [0.717, 1.165) is 24.0 Å². The van der Waals surface area contributed by atoms with E-state index >= 15 is 0 Å². The van der Waals surface area contributed by atoms with Crippen LogP contribution in [0.5, 0.6) is 17.2 Å². The lowest BCUT2D eigenvalue weighted by atomic mass is 10.1. The molecule has 0 bridgehead atoms. The normalized spacial score (nSPS) is 11.4. The second kappa shape index (κ2) is 14.1. The molecule has 0 atom stereocenters. The average Bonchev–Trinajstić information content (AvgIpc) is 3.02. The number of benzene rings is 4. The number of halogens is 1. The van der Waals surface area contributed by atoms with E-state index in [-0.39, 0.29) is 39.3 Å². The minimum atomic E-state index is -0.776. The summed E-state index contributed by atoms with van der Waals surface area (Å²) in [4.78, 5) is 44.7. The van der Waals surface area contributed by atoms with Gasteiger partial charge >= 0.3 is 11.9 Å². The maximum absolute atomic E-state index is 13.4. The highest BCUT2D eigenvalue weighted by Crippen LogP contribution is 2.36. The summed E-state index contributed by atoms with van der Waals surface area (Å²) in [6, 6.07) is 25.9. The summed E-state index contributed by atoms with van der Waals surface area (Å²) in [6.07, 6.45) is 3.76. The van der Waals surface area contributed by atoms with Crippen LogP contribution in [0.2, 0.25) is 5.02 Å². The van der Waals surface area contributed by atoms with Crippen LogP contribution in [-0.2, 0) is 9.63 Å². The molecule has 5 rings (SSSR count). The van der Waals surface area contributed by atoms with E-state index in [1.165, 1.54) is 23.5 Å². The molecule has 4 aromatic carbocycles. The van der Waals surface area contributed by atoms with E-state index in [1.54, 1.807) is 48.5 Å². The summed E-state index contributed by atoms with van der Waals surface area (Å²) in [5.74, 6) is -0.280. The molecular weight excluding hydrogens is 586 g/mol. The fraction of sp³-hybridized carbons (Fsp3) is 0.176. The molecule has 0 aliphatic rings. The molecule has 0 N–H and O–H groups in total. The maximum Gasteiger partial charge on any atom is 0.365 e. The van der Waals surface area contributed by atoms with Gasteiger partial charge in [-0.2, -0.15) is 0 Å². The Hall–Kier alpha value is -4.53. The van der Waals surface area contributed by atoms with Crippen LogP contribution in [0.15, 0.2) is 101 Å². The van der Waals surface area contributed by atoms with Gasteiger partial charge in [-0.15, -0.1) is 11.3 Å². The molecule has 9 heteroatoms. The largest absolute Gasteiger partial charge is 0.457 e. The van der Waals surface area contributed by atoms with E-state index in [0.29, 0.717) is 28.0 Å². The van der Waals surface area contributed by atoms with Gasteiger partial charge in [0.2, 0.25) is 0 Å². The molecule has 5 aromatic rings. The van der Waals surface area contributed by atoms with E-state index in [2.05, 4.69) is 12.1 Å². The number of unbranched alkanes of at least 4 members (excludes halogenated alkanes) is 3. The standard InChI is InChI=1S/C34H28ClNO6S/c1-2-3-4-8-17-27(36-42-33(38)22-12-11-15-24(21-22)40-23-13-6-5-7-14-23)34(39)41-28-20-19-26(35)30-31(37)25-16-9-10-18-29(25)43-32(28)30/h5-7,9-16,18-21H,2-4,8,17H2,1H3/b36-27+. The smallest absolute Gasteiger partial charge is 0.365 e. The Balaban J connectivity index is 1.39. The van der Waals surface area contributed by atoms with E-state index in [4.69, 9.17) is 25.9 Å².